The summed E-state index contributed by atoms with van der Waals surface area (Å²) in [6.07, 6.45) is 0.689. The first kappa shape index (κ1) is 17.0. The number of piperazine rings is 1. The first-order valence-corrected chi connectivity index (χ1v) is 8.63. The van der Waals surface area contributed by atoms with Crippen LogP contribution in [0.15, 0.2) is 0 Å². The Labute approximate surface area is 143 Å². The number of fused-ring (bicyclic) bond motifs is 1. The summed E-state index contributed by atoms with van der Waals surface area (Å²) in [5.41, 5.74) is 2.67. The fourth-order valence-corrected chi connectivity index (χ4v) is 3.07. The topological polar surface area (TPSA) is 70.6 Å². The fraction of sp³-hybridized carbons (Fsp3) is 0.706. The molecule has 1 N–H and O–H groups in total. The fourth-order valence-electron chi connectivity index (χ4n) is 3.07. The van der Waals surface area contributed by atoms with Crippen molar-refractivity contribution in [2.45, 2.75) is 46.3 Å². The molecule has 1 saturated heterocycles. The summed E-state index contributed by atoms with van der Waals surface area (Å²) in [5.74, 6) is 0.958. The SMILES string of the molecule is Cc1nc2c(nc1N1CCN(C(=O)OC(C)(C)C)CC1)CCNC2. The largest absolute Gasteiger partial charge is 0.444 e. The Morgan fingerprint density at radius 2 is 1.83 bits per heavy atom. The van der Waals surface area contributed by atoms with Crippen molar-refractivity contribution in [1.82, 2.24) is 20.2 Å². The van der Waals surface area contributed by atoms with Gasteiger partial charge in [-0.05, 0) is 27.7 Å². The summed E-state index contributed by atoms with van der Waals surface area (Å²) in [4.78, 5) is 25.7. The molecule has 0 radical (unpaired) electrons. The van der Waals surface area contributed by atoms with Gasteiger partial charge in [0.1, 0.15) is 5.60 Å². The zero-order valence-corrected chi connectivity index (χ0v) is 15.1. The normalized spacial score (nSPS) is 18.3. The van der Waals surface area contributed by atoms with Crippen molar-refractivity contribution in [3.05, 3.63) is 17.1 Å². The Morgan fingerprint density at radius 1 is 1.12 bits per heavy atom. The molecule has 0 atom stereocenters. The van der Waals surface area contributed by atoms with Crippen molar-refractivity contribution < 1.29 is 9.53 Å². The van der Waals surface area contributed by atoms with Crippen molar-refractivity contribution in [3.63, 3.8) is 0 Å². The summed E-state index contributed by atoms with van der Waals surface area (Å²) in [6, 6.07) is 0. The van der Waals surface area contributed by atoms with Crippen LogP contribution < -0.4 is 10.2 Å². The molecule has 24 heavy (non-hydrogen) atoms. The first-order valence-electron chi connectivity index (χ1n) is 8.63. The molecule has 1 fully saturated rings. The Morgan fingerprint density at radius 3 is 2.50 bits per heavy atom. The third-order valence-electron chi connectivity index (χ3n) is 4.26. The predicted molar refractivity (Wildman–Crippen MR) is 92.2 cm³/mol. The van der Waals surface area contributed by atoms with Crippen molar-refractivity contribution in [2.24, 2.45) is 0 Å². The standard InChI is InChI=1S/C17H27N5O2/c1-12-15(20-13-5-6-18-11-14(13)19-12)21-7-9-22(10-8-21)16(23)24-17(2,3)4/h18H,5-11H2,1-4H3. The van der Waals surface area contributed by atoms with Gasteiger partial charge in [0.05, 0.1) is 17.1 Å². The lowest BCUT2D eigenvalue weighted by molar-refractivity contribution is 0.0240. The van der Waals surface area contributed by atoms with Crippen molar-refractivity contribution in [1.29, 1.82) is 0 Å². The smallest absolute Gasteiger partial charge is 0.410 e. The minimum atomic E-state index is -0.456. The molecule has 0 bridgehead atoms. The van der Waals surface area contributed by atoms with Gasteiger partial charge >= 0.3 is 6.09 Å². The molecule has 7 heteroatoms. The Balaban J connectivity index is 1.66. The van der Waals surface area contributed by atoms with E-state index in [2.05, 4.69) is 10.2 Å². The summed E-state index contributed by atoms with van der Waals surface area (Å²) in [5, 5.41) is 3.33. The highest BCUT2D eigenvalue weighted by Crippen LogP contribution is 2.22. The minimum absolute atomic E-state index is 0.235. The van der Waals surface area contributed by atoms with E-state index in [9.17, 15) is 4.79 Å². The number of amides is 1. The molecule has 1 amide bonds. The molecule has 1 aromatic rings. The maximum absolute atomic E-state index is 12.2. The number of hydrogen-bond donors (Lipinski definition) is 1. The monoisotopic (exact) mass is 333 g/mol. The third kappa shape index (κ3) is 3.77. The number of carbonyl (C=O) groups is 1. The van der Waals surface area contributed by atoms with Crippen LogP contribution in [0.1, 0.15) is 37.9 Å². The van der Waals surface area contributed by atoms with Crippen LogP contribution in [0.3, 0.4) is 0 Å². The van der Waals surface area contributed by atoms with Gasteiger partial charge in [-0.1, -0.05) is 0 Å². The maximum atomic E-state index is 12.2. The van der Waals surface area contributed by atoms with Crippen LogP contribution in [-0.2, 0) is 17.7 Å². The molecular weight excluding hydrogens is 306 g/mol. The minimum Gasteiger partial charge on any atom is -0.444 e. The van der Waals surface area contributed by atoms with Crippen LogP contribution in [0, 0.1) is 6.92 Å². The molecule has 132 valence electrons. The lowest BCUT2D eigenvalue weighted by Crippen LogP contribution is -2.50. The summed E-state index contributed by atoms with van der Waals surface area (Å²) in [6.45, 7) is 12.2. The lowest BCUT2D eigenvalue weighted by atomic mass is 10.1. The molecule has 7 nitrogen and oxygen atoms in total. The zero-order valence-electron chi connectivity index (χ0n) is 15.1. The highest BCUT2D eigenvalue weighted by atomic mass is 16.6. The molecular formula is C17H27N5O2. The van der Waals surface area contributed by atoms with E-state index in [1.54, 1.807) is 4.90 Å². The molecule has 2 aliphatic heterocycles. The molecule has 1 aromatic heterocycles. The van der Waals surface area contributed by atoms with Crippen LogP contribution in [-0.4, -0.2) is 59.3 Å². The Hall–Kier alpha value is -1.89. The Kier molecular flexibility index (Phi) is 4.62. The second kappa shape index (κ2) is 6.55. The second-order valence-electron chi connectivity index (χ2n) is 7.41. The van der Waals surface area contributed by atoms with Crippen molar-refractivity contribution >= 4 is 11.9 Å². The van der Waals surface area contributed by atoms with Gasteiger partial charge in [0, 0.05) is 45.7 Å². The van der Waals surface area contributed by atoms with Crippen molar-refractivity contribution in [3.8, 4) is 0 Å². The summed E-state index contributed by atoms with van der Waals surface area (Å²) in [7, 11) is 0. The van der Waals surface area contributed by atoms with Gasteiger partial charge in [0.2, 0.25) is 0 Å². The van der Waals surface area contributed by atoms with Gasteiger partial charge in [-0.3, -0.25) is 4.98 Å². The molecule has 0 saturated carbocycles. The summed E-state index contributed by atoms with van der Waals surface area (Å²) >= 11 is 0. The van der Waals surface area contributed by atoms with E-state index in [1.807, 2.05) is 27.7 Å². The molecule has 0 aromatic carbocycles. The van der Waals surface area contributed by atoms with Crippen LogP contribution in [0.4, 0.5) is 10.6 Å². The zero-order chi connectivity index (χ0) is 17.3. The van der Waals surface area contributed by atoms with E-state index >= 15 is 0 Å². The van der Waals surface area contributed by atoms with Crippen molar-refractivity contribution in [2.75, 3.05) is 37.6 Å². The van der Waals surface area contributed by atoms with Gasteiger partial charge in [-0.15, -0.1) is 0 Å². The number of nitrogens with one attached hydrogen (secondary N) is 1. The van der Waals surface area contributed by atoms with Gasteiger partial charge in [-0.2, -0.15) is 0 Å². The second-order valence-corrected chi connectivity index (χ2v) is 7.41. The quantitative estimate of drug-likeness (QED) is 0.840. The van der Waals surface area contributed by atoms with Crippen LogP contribution >= 0.6 is 0 Å². The Bertz CT molecular complexity index is 618. The van der Waals surface area contributed by atoms with Crippen LogP contribution in [0.25, 0.3) is 0 Å². The average Bonchev–Trinajstić information content (AvgIpc) is 2.53. The number of anilines is 1. The van der Waals surface area contributed by atoms with Gasteiger partial charge in [0.25, 0.3) is 0 Å². The number of rotatable bonds is 1. The lowest BCUT2D eigenvalue weighted by Gasteiger charge is -2.36. The number of hydrogen-bond acceptors (Lipinski definition) is 6. The first-order chi connectivity index (χ1) is 11.3. The van der Waals surface area contributed by atoms with Crippen LogP contribution in [0.5, 0.6) is 0 Å². The highest BCUT2D eigenvalue weighted by Gasteiger charge is 2.27. The third-order valence-corrected chi connectivity index (χ3v) is 4.26. The molecule has 2 aliphatic rings. The molecule has 0 spiro atoms. The highest BCUT2D eigenvalue weighted by molar-refractivity contribution is 5.68. The van der Waals surface area contributed by atoms with E-state index in [0.29, 0.717) is 13.1 Å². The maximum Gasteiger partial charge on any atom is 0.410 e. The van der Waals surface area contributed by atoms with E-state index in [-0.39, 0.29) is 6.09 Å². The van der Waals surface area contributed by atoms with Gasteiger partial charge in [0.15, 0.2) is 5.82 Å². The number of carbonyl (C=O) groups excluding carboxylic acids is 1. The van der Waals surface area contributed by atoms with E-state index < -0.39 is 5.60 Å². The molecule has 0 aliphatic carbocycles. The van der Waals surface area contributed by atoms with E-state index in [0.717, 1.165) is 55.5 Å². The van der Waals surface area contributed by atoms with Crippen LogP contribution in [0.2, 0.25) is 0 Å². The van der Waals surface area contributed by atoms with Gasteiger partial charge < -0.3 is 19.9 Å². The average molecular weight is 333 g/mol. The molecule has 3 rings (SSSR count). The summed E-state index contributed by atoms with van der Waals surface area (Å²) < 4.78 is 5.45. The van der Waals surface area contributed by atoms with Gasteiger partial charge in [-0.25, -0.2) is 9.78 Å². The number of ether oxygens (including phenoxy) is 1. The van der Waals surface area contributed by atoms with E-state index in [1.165, 1.54) is 0 Å². The number of aromatic nitrogens is 2. The predicted octanol–water partition coefficient (Wildman–Crippen LogP) is 1.49. The molecule has 3 heterocycles. The van der Waals surface area contributed by atoms with E-state index in [4.69, 9.17) is 14.7 Å². The number of nitrogens with zero attached hydrogens (tertiary/aromatic N) is 4. The number of aryl methyl sites for hydroxylation is 1. The molecule has 0 unspecified atom stereocenters.